The highest BCUT2D eigenvalue weighted by atomic mass is 16.2. The van der Waals surface area contributed by atoms with Gasteiger partial charge < -0.3 is 11.1 Å². The van der Waals surface area contributed by atoms with E-state index in [2.05, 4.69) is 24.4 Å². The van der Waals surface area contributed by atoms with Gasteiger partial charge in [-0.1, -0.05) is 44.5 Å². The van der Waals surface area contributed by atoms with E-state index in [-0.39, 0.29) is 11.8 Å². The lowest BCUT2D eigenvalue weighted by atomic mass is 9.99. The Balaban J connectivity index is 2.38. The summed E-state index contributed by atoms with van der Waals surface area (Å²) in [6.07, 6.45) is 1.78. The fourth-order valence-electron chi connectivity index (χ4n) is 1.84. The number of benzene rings is 1. The Morgan fingerprint density at radius 2 is 2.06 bits per heavy atom. The maximum atomic E-state index is 11.8. The van der Waals surface area contributed by atoms with Crippen molar-refractivity contribution >= 4 is 5.91 Å². The molecule has 1 aromatic carbocycles. The van der Waals surface area contributed by atoms with Gasteiger partial charge in [0.2, 0.25) is 5.91 Å². The lowest BCUT2D eigenvalue weighted by molar-refractivity contribution is -0.123. The van der Waals surface area contributed by atoms with Gasteiger partial charge in [-0.2, -0.15) is 0 Å². The van der Waals surface area contributed by atoms with Crippen LogP contribution in [0.4, 0.5) is 0 Å². The van der Waals surface area contributed by atoms with E-state index in [0.717, 1.165) is 12.8 Å². The van der Waals surface area contributed by atoms with Crippen LogP contribution < -0.4 is 11.1 Å². The van der Waals surface area contributed by atoms with Crippen LogP contribution in [0.1, 0.15) is 31.4 Å². The molecule has 100 valence electrons. The molecule has 0 saturated heterocycles. The lowest BCUT2D eigenvalue weighted by Gasteiger charge is -2.17. The second-order valence-corrected chi connectivity index (χ2v) is 4.88. The maximum Gasteiger partial charge on any atom is 0.237 e. The number of nitrogens with one attached hydrogen (secondary N) is 1. The van der Waals surface area contributed by atoms with Crippen LogP contribution in [0, 0.1) is 12.8 Å². The first kappa shape index (κ1) is 14.7. The molecule has 18 heavy (non-hydrogen) atoms. The highest BCUT2D eigenvalue weighted by Crippen LogP contribution is 2.07. The van der Waals surface area contributed by atoms with Crippen molar-refractivity contribution in [3.05, 3.63) is 35.4 Å². The van der Waals surface area contributed by atoms with Crippen LogP contribution in [-0.2, 0) is 11.2 Å². The third kappa shape index (κ3) is 4.15. The van der Waals surface area contributed by atoms with E-state index in [0.29, 0.717) is 6.54 Å². The summed E-state index contributed by atoms with van der Waals surface area (Å²) in [6, 6.07) is 7.83. The summed E-state index contributed by atoms with van der Waals surface area (Å²) in [4.78, 5) is 11.8. The molecule has 3 nitrogen and oxygen atoms in total. The molecule has 3 N–H and O–H groups in total. The van der Waals surface area contributed by atoms with Gasteiger partial charge in [0.05, 0.1) is 6.04 Å². The van der Waals surface area contributed by atoms with E-state index < -0.39 is 6.04 Å². The molecule has 0 unspecified atom stereocenters. The SMILES string of the molecule is CC[C@H](C)[C@H](N)C(=O)NCCc1ccccc1C. The number of hydrogen-bond donors (Lipinski definition) is 2. The number of carbonyl (C=O) groups is 1. The minimum Gasteiger partial charge on any atom is -0.354 e. The van der Waals surface area contributed by atoms with Gasteiger partial charge in [-0.15, -0.1) is 0 Å². The Kier molecular flexibility index (Phi) is 5.86. The van der Waals surface area contributed by atoms with Crippen molar-refractivity contribution in [1.82, 2.24) is 5.32 Å². The minimum atomic E-state index is -0.396. The fraction of sp³-hybridized carbons (Fsp3) is 0.533. The van der Waals surface area contributed by atoms with Crippen LogP contribution in [0.3, 0.4) is 0 Å². The highest BCUT2D eigenvalue weighted by molar-refractivity contribution is 5.81. The van der Waals surface area contributed by atoms with Crippen molar-refractivity contribution in [1.29, 1.82) is 0 Å². The molecule has 0 bridgehead atoms. The van der Waals surface area contributed by atoms with Crippen LogP contribution in [0.25, 0.3) is 0 Å². The molecular formula is C15H24N2O. The molecule has 0 radical (unpaired) electrons. The summed E-state index contributed by atoms with van der Waals surface area (Å²) in [6.45, 7) is 6.78. The van der Waals surface area contributed by atoms with Gasteiger partial charge >= 0.3 is 0 Å². The summed E-state index contributed by atoms with van der Waals surface area (Å²) in [5.74, 6) is 0.182. The summed E-state index contributed by atoms with van der Waals surface area (Å²) < 4.78 is 0. The first-order valence-electron chi connectivity index (χ1n) is 6.64. The quantitative estimate of drug-likeness (QED) is 0.809. The molecule has 0 aromatic heterocycles. The van der Waals surface area contributed by atoms with Crippen molar-refractivity contribution in [3.8, 4) is 0 Å². The fourth-order valence-corrected chi connectivity index (χ4v) is 1.84. The Bertz CT molecular complexity index is 390. The molecule has 0 fully saturated rings. The predicted octanol–water partition coefficient (Wildman–Crippen LogP) is 2.03. The zero-order valence-corrected chi connectivity index (χ0v) is 11.6. The summed E-state index contributed by atoms with van der Waals surface area (Å²) in [5, 5.41) is 2.91. The third-order valence-electron chi connectivity index (χ3n) is 3.51. The Morgan fingerprint density at radius 3 is 2.67 bits per heavy atom. The van der Waals surface area contributed by atoms with Crippen LogP contribution in [0.15, 0.2) is 24.3 Å². The van der Waals surface area contributed by atoms with Gasteiger partial charge in [-0.3, -0.25) is 4.79 Å². The molecule has 1 aromatic rings. The van der Waals surface area contributed by atoms with Gasteiger partial charge in [0, 0.05) is 6.54 Å². The van der Waals surface area contributed by atoms with E-state index >= 15 is 0 Å². The molecule has 0 saturated carbocycles. The number of rotatable bonds is 6. The summed E-state index contributed by atoms with van der Waals surface area (Å²) in [7, 11) is 0. The first-order chi connectivity index (χ1) is 8.56. The molecule has 0 aliphatic heterocycles. The second-order valence-electron chi connectivity index (χ2n) is 4.88. The summed E-state index contributed by atoms with van der Waals surface area (Å²) in [5.41, 5.74) is 8.40. The monoisotopic (exact) mass is 248 g/mol. The van der Waals surface area contributed by atoms with E-state index in [4.69, 9.17) is 5.73 Å². The Labute approximate surface area is 110 Å². The molecule has 0 spiro atoms. The number of nitrogens with two attached hydrogens (primary N) is 1. The molecule has 2 atom stereocenters. The summed E-state index contributed by atoms with van der Waals surface area (Å²) >= 11 is 0. The minimum absolute atomic E-state index is 0.0436. The molecule has 1 rings (SSSR count). The Morgan fingerprint density at radius 1 is 1.39 bits per heavy atom. The van der Waals surface area contributed by atoms with Crippen LogP contribution >= 0.6 is 0 Å². The zero-order chi connectivity index (χ0) is 13.5. The van der Waals surface area contributed by atoms with Crippen LogP contribution in [0.5, 0.6) is 0 Å². The average molecular weight is 248 g/mol. The molecular weight excluding hydrogens is 224 g/mol. The standard InChI is InChI=1S/C15H24N2O/c1-4-11(2)14(16)15(18)17-10-9-13-8-6-5-7-12(13)3/h5-8,11,14H,4,9-10,16H2,1-3H3,(H,17,18)/t11-,14-/m0/s1. The van der Waals surface area contributed by atoms with Gasteiger partial charge in [0.25, 0.3) is 0 Å². The van der Waals surface area contributed by atoms with Crippen molar-refractivity contribution in [3.63, 3.8) is 0 Å². The Hall–Kier alpha value is -1.35. The van der Waals surface area contributed by atoms with E-state index in [1.54, 1.807) is 0 Å². The van der Waals surface area contributed by atoms with Crippen molar-refractivity contribution in [2.45, 2.75) is 39.7 Å². The third-order valence-corrected chi connectivity index (χ3v) is 3.51. The first-order valence-corrected chi connectivity index (χ1v) is 6.64. The van der Waals surface area contributed by atoms with Gasteiger partial charge in [0.1, 0.15) is 0 Å². The molecule has 0 heterocycles. The van der Waals surface area contributed by atoms with E-state index in [1.165, 1.54) is 11.1 Å². The van der Waals surface area contributed by atoms with Gasteiger partial charge in [0.15, 0.2) is 0 Å². The van der Waals surface area contributed by atoms with E-state index in [9.17, 15) is 4.79 Å². The zero-order valence-electron chi connectivity index (χ0n) is 11.6. The predicted molar refractivity (Wildman–Crippen MR) is 75.3 cm³/mol. The maximum absolute atomic E-state index is 11.8. The topological polar surface area (TPSA) is 55.1 Å². The lowest BCUT2D eigenvalue weighted by Crippen LogP contribution is -2.45. The smallest absolute Gasteiger partial charge is 0.237 e. The van der Waals surface area contributed by atoms with Crippen LogP contribution in [0.2, 0.25) is 0 Å². The van der Waals surface area contributed by atoms with Crippen molar-refractivity contribution in [2.24, 2.45) is 11.7 Å². The molecule has 3 heteroatoms. The number of amides is 1. The number of hydrogen-bond acceptors (Lipinski definition) is 2. The number of carbonyl (C=O) groups excluding carboxylic acids is 1. The van der Waals surface area contributed by atoms with Gasteiger partial charge in [-0.05, 0) is 30.4 Å². The van der Waals surface area contributed by atoms with Gasteiger partial charge in [-0.25, -0.2) is 0 Å². The largest absolute Gasteiger partial charge is 0.354 e. The van der Waals surface area contributed by atoms with Crippen molar-refractivity contribution in [2.75, 3.05) is 6.54 Å². The highest BCUT2D eigenvalue weighted by Gasteiger charge is 2.18. The average Bonchev–Trinajstić information content (AvgIpc) is 2.39. The van der Waals surface area contributed by atoms with E-state index in [1.807, 2.05) is 26.0 Å². The van der Waals surface area contributed by atoms with Crippen LogP contribution in [-0.4, -0.2) is 18.5 Å². The van der Waals surface area contributed by atoms with Crippen molar-refractivity contribution < 1.29 is 4.79 Å². The molecule has 0 aliphatic rings. The normalized spacial score (nSPS) is 14.0. The number of aryl methyl sites for hydroxylation is 1. The molecule has 1 amide bonds. The molecule has 0 aliphatic carbocycles. The second kappa shape index (κ2) is 7.17.